The maximum atomic E-state index is 15.1. The van der Waals surface area contributed by atoms with Crippen LogP contribution >= 0.6 is 0 Å². The standard InChI is InChI=1S/C31H36F4O/c1-3-4-5-6-7-20-8-10-21(11-9-20)22-12-14-23(15-13-22)24-16-17-25(29(33)28(24)32)26-18-19-27(36-2)31(35)30(26)34/h3,6-7,16-23H,1,4-5,8-15H2,2H3. The third kappa shape index (κ3) is 5.71. The van der Waals surface area contributed by atoms with Gasteiger partial charge in [-0.15, -0.1) is 6.58 Å². The van der Waals surface area contributed by atoms with E-state index in [1.54, 1.807) is 6.07 Å². The first-order chi connectivity index (χ1) is 17.4. The van der Waals surface area contributed by atoms with Gasteiger partial charge in [0.15, 0.2) is 23.2 Å². The van der Waals surface area contributed by atoms with Crippen molar-refractivity contribution in [2.45, 2.75) is 70.1 Å². The SMILES string of the molecule is C=CCCC=CC1CCC(C2CCC(c3ccc(-c4ccc(OC)c(F)c4F)c(F)c3F)CC2)CC1. The molecule has 0 aromatic heterocycles. The van der Waals surface area contributed by atoms with Crippen molar-refractivity contribution >= 4 is 0 Å². The van der Waals surface area contributed by atoms with Crippen LogP contribution in [0.15, 0.2) is 49.1 Å². The maximum absolute atomic E-state index is 15.1. The van der Waals surface area contributed by atoms with Crippen LogP contribution in [0.5, 0.6) is 5.75 Å². The molecule has 2 aliphatic rings. The van der Waals surface area contributed by atoms with Crippen LogP contribution in [0.3, 0.4) is 0 Å². The number of hydrogen-bond acceptors (Lipinski definition) is 1. The van der Waals surface area contributed by atoms with E-state index in [4.69, 9.17) is 4.74 Å². The fraction of sp³-hybridized carbons (Fsp3) is 0.484. The summed E-state index contributed by atoms with van der Waals surface area (Å²) in [4.78, 5) is 0. The summed E-state index contributed by atoms with van der Waals surface area (Å²) in [6.07, 6.45) is 17.4. The molecule has 5 heteroatoms. The number of rotatable bonds is 8. The van der Waals surface area contributed by atoms with Gasteiger partial charge >= 0.3 is 0 Å². The van der Waals surface area contributed by atoms with Gasteiger partial charge in [0, 0.05) is 11.1 Å². The van der Waals surface area contributed by atoms with Gasteiger partial charge in [-0.05, 0) is 106 Å². The Balaban J connectivity index is 1.37. The van der Waals surface area contributed by atoms with Crippen LogP contribution in [0, 0.1) is 41.0 Å². The quantitative estimate of drug-likeness (QED) is 0.199. The lowest BCUT2D eigenvalue weighted by Gasteiger charge is -2.37. The molecule has 0 spiro atoms. The maximum Gasteiger partial charge on any atom is 0.201 e. The Bertz CT molecular complexity index is 1080. The number of unbranched alkanes of at least 4 members (excludes halogenated alkanes) is 1. The Kier molecular flexibility index (Phi) is 8.92. The molecule has 2 aliphatic carbocycles. The molecule has 2 aromatic carbocycles. The van der Waals surface area contributed by atoms with Crippen molar-refractivity contribution in [3.05, 3.63) is 77.9 Å². The summed E-state index contributed by atoms with van der Waals surface area (Å²) in [5.74, 6) is -2.81. The normalized spacial score (nSPS) is 24.7. The van der Waals surface area contributed by atoms with Crippen molar-refractivity contribution in [2.24, 2.45) is 17.8 Å². The van der Waals surface area contributed by atoms with Gasteiger partial charge in [-0.1, -0.05) is 30.4 Å². The third-order valence-electron chi connectivity index (χ3n) is 8.31. The van der Waals surface area contributed by atoms with Gasteiger partial charge in [0.2, 0.25) is 5.82 Å². The van der Waals surface area contributed by atoms with Crippen LogP contribution in [0.25, 0.3) is 11.1 Å². The fourth-order valence-corrected chi connectivity index (χ4v) is 6.20. The second-order valence-electron chi connectivity index (χ2n) is 10.4. The van der Waals surface area contributed by atoms with E-state index in [2.05, 4.69) is 18.7 Å². The second-order valence-corrected chi connectivity index (χ2v) is 10.4. The third-order valence-corrected chi connectivity index (χ3v) is 8.31. The molecule has 0 radical (unpaired) electrons. The smallest absolute Gasteiger partial charge is 0.201 e. The largest absolute Gasteiger partial charge is 0.494 e. The molecule has 0 saturated heterocycles. The monoisotopic (exact) mass is 500 g/mol. The number of allylic oxidation sites excluding steroid dienone is 3. The molecule has 0 heterocycles. The van der Waals surface area contributed by atoms with Crippen LogP contribution in [-0.2, 0) is 0 Å². The molecule has 0 amide bonds. The first-order valence-corrected chi connectivity index (χ1v) is 13.2. The van der Waals surface area contributed by atoms with E-state index < -0.39 is 23.3 Å². The van der Waals surface area contributed by atoms with Crippen LogP contribution < -0.4 is 4.74 Å². The average molecular weight is 501 g/mol. The summed E-state index contributed by atoms with van der Waals surface area (Å²) >= 11 is 0. The summed E-state index contributed by atoms with van der Waals surface area (Å²) in [6, 6.07) is 5.34. The number of ether oxygens (including phenoxy) is 1. The minimum Gasteiger partial charge on any atom is -0.494 e. The molecule has 194 valence electrons. The minimum absolute atomic E-state index is 0.0496. The topological polar surface area (TPSA) is 9.23 Å². The molecular formula is C31H36F4O. The molecule has 0 unspecified atom stereocenters. The van der Waals surface area contributed by atoms with E-state index in [0.29, 0.717) is 17.4 Å². The average Bonchev–Trinajstić information content (AvgIpc) is 2.91. The highest BCUT2D eigenvalue weighted by Gasteiger charge is 2.32. The summed E-state index contributed by atoms with van der Waals surface area (Å²) in [5, 5.41) is 0. The van der Waals surface area contributed by atoms with Gasteiger partial charge in [-0.25, -0.2) is 13.2 Å². The van der Waals surface area contributed by atoms with Crippen molar-refractivity contribution in [1.29, 1.82) is 0 Å². The second kappa shape index (κ2) is 12.1. The van der Waals surface area contributed by atoms with Gasteiger partial charge in [0.05, 0.1) is 7.11 Å². The number of benzene rings is 2. The van der Waals surface area contributed by atoms with Gasteiger partial charge in [0.1, 0.15) is 0 Å². The Labute approximate surface area is 212 Å². The zero-order chi connectivity index (χ0) is 25.7. The molecule has 2 saturated carbocycles. The molecule has 1 nitrogen and oxygen atoms in total. The van der Waals surface area contributed by atoms with Gasteiger partial charge < -0.3 is 4.74 Å². The zero-order valence-corrected chi connectivity index (χ0v) is 21.0. The van der Waals surface area contributed by atoms with Crippen molar-refractivity contribution in [1.82, 2.24) is 0 Å². The molecule has 36 heavy (non-hydrogen) atoms. The molecule has 2 aromatic rings. The highest BCUT2D eigenvalue weighted by molar-refractivity contribution is 5.66. The van der Waals surface area contributed by atoms with Crippen LogP contribution in [0.2, 0.25) is 0 Å². The fourth-order valence-electron chi connectivity index (χ4n) is 6.20. The minimum atomic E-state index is -1.25. The van der Waals surface area contributed by atoms with Gasteiger partial charge in [-0.3, -0.25) is 0 Å². The Morgan fingerprint density at radius 3 is 1.94 bits per heavy atom. The predicted octanol–water partition coefficient (Wildman–Crippen LogP) is 9.52. The van der Waals surface area contributed by atoms with Crippen LogP contribution in [-0.4, -0.2) is 7.11 Å². The lowest BCUT2D eigenvalue weighted by atomic mass is 9.68. The highest BCUT2D eigenvalue weighted by atomic mass is 19.2. The van der Waals surface area contributed by atoms with Crippen molar-refractivity contribution in [3.8, 4) is 16.9 Å². The predicted molar refractivity (Wildman–Crippen MR) is 137 cm³/mol. The Morgan fingerprint density at radius 1 is 0.750 bits per heavy atom. The van der Waals surface area contributed by atoms with Gasteiger partial charge in [-0.2, -0.15) is 4.39 Å². The summed E-state index contributed by atoms with van der Waals surface area (Å²) < 4.78 is 63.5. The molecule has 2 fully saturated rings. The molecule has 0 atom stereocenters. The summed E-state index contributed by atoms with van der Waals surface area (Å²) in [7, 11) is 1.22. The van der Waals surface area contributed by atoms with Crippen LogP contribution in [0.4, 0.5) is 17.6 Å². The molecular weight excluding hydrogens is 464 g/mol. The Hall–Kier alpha value is -2.56. The van der Waals surface area contributed by atoms with Crippen LogP contribution in [0.1, 0.15) is 75.7 Å². The van der Waals surface area contributed by atoms with E-state index >= 15 is 8.78 Å². The molecule has 0 bridgehead atoms. The van der Waals surface area contributed by atoms with E-state index in [1.165, 1.54) is 51.0 Å². The van der Waals surface area contributed by atoms with E-state index in [-0.39, 0.29) is 22.8 Å². The molecule has 0 N–H and O–H groups in total. The Morgan fingerprint density at radius 2 is 1.33 bits per heavy atom. The first kappa shape index (κ1) is 26.5. The lowest BCUT2D eigenvalue weighted by molar-refractivity contribution is 0.170. The van der Waals surface area contributed by atoms with Crippen molar-refractivity contribution in [2.75, 3.05) is 7.11 Å². The number of hydrogen-bond donors (Lipinski definition) is 0. The lowest BCUT2D eigenvalue weighted by Crippen LogP contribution is -2.25. The van der Waals surface area contributed by atoms with Crippen molar-refractivity contribution in [3.63, 3.8) is 0 Å². The van der Waals surface area contributed by atoms with E-state index in [9.17, 15) is 8.78 Å². The zero-order valence-electron chi connectivity index (χ0n) is 21.0. The number of methoxy groups -OCH3 is 1. The number of halogens is 4. The first-order valence-electron chi connectivity index (χ1n) is 13.2. The summed E-state index contributed by atoms with van der Waals surface area (Å²) in [6.45, 7) is 3.76. The molecule has 4 rings (SSSR count). The van der Waals surface area contributed by atoms with Crippen molar-refractivity contribution < 1.29 is 22.3 Å². The van der Waals surface area contributed by atoms with Gasteiger partial charge in [0.25, 0.3) is 0 Å². The molecule has 0 aliphatic heterocycles. The van der Waals surface area contributed by atoms with E-state index in [1.807, 2.05) is 6.08 Å². The highest BCUT2D eigenvalue weighted by Crippen LogP contribution is 2.45. The van der Waals surface area contributed by atoms with E-state index in [0.717, 1.165) is 44.4 Å². The summed E-state index contributed by atoms with van der Waals surface area (Å²) in [5.41, 5.74) is -0.247.